The summed E-state index contributed by atoms with van der Waals surface area (Å²) in [7, 11) is 1.54. The number of allylic oxidation sites excluding steroid dienone is 3. The van der Waals surface area contributed by atoms with Crippen molar-refractivity contribution in [3.63, 3.8) is 0 Å². The molecule has 0 bridgehead atoms. The number of rotatable bonds is 21. The van der Waals surface area contributed by atoms with Gasteiger partial charge in [-0.15, -0.1) is 0 Å². The molecule has 0 heterocycles. The second-order valence-electron chi connectivity index (χ2n) is 9.71. The minimum Gasteiger partial charge on any atom is -0.387 e. The van der Waals surface area contributed by atoms with Crippen molar-refractivity contribution in [3.8, 4) is 0 Å². The third-order valence-electron chi connectivity index (χ3n) is 5.17. The van der Waals surface area contributed by atoms with Gasteiger partial charge in [-0.25, -0.2) is 4.57 Å². The number of nitrogens with one attached hydrogen (secondary N) is 1. The molecular weight excluding hydrogens is 455 g/mol. The van der Waals surface area contributed by atoms with Gasteiger partial charge in [0.1, 0.15) is 13.2 Å². The summed E-state index contributed by atoms with van der Waals surface area (Å²) >= 11 is 0. The minimum atomic E-state index is -4.30. The smallest absolute Gasteiger partial charge is 0.387 e. The first-order valence-corrected chi connectivity index (χ1v) is 14.2. The van der Waals surface area contributed by atoms with E-state index >= 15 is 0 Å². The minimum absolute atomic E-state index is 0.0555. The van der Waals surface area contributed by atoms with Crippen LogP contribution in [0.15, 0.2) is 24.3 Å². The number of nitrogens with zero attached hydrogens (tertiary/aromatic N) is 1. The predicted molar refractivity (Wildman–Crippen MR) is 138 cm³/mol. The number of amides is 1. The van der Waals surface area contributed by atoms with Gasteiger partial charge >= 0.3 is 7.82 Å². The average molecular weight is 506 g/mol. The van der Waals surface area contributed by atoms with E-state index in [-0.39, 0.29) is 19.1 Å². The lowest BCUT2D eigenvalue weighted by Crippen LogP contribution is -2.45. The van der Waals surface area contributed by atoms with Crippen LogP contribution in [0.4, 0.5) is 0 Å². The number of likely N-dealkylation sites (N-methyl/N-ethyl adjacent to an activating group) is 1. The Hall–Kier alpha value is -1.02. The molecule has 0 aliphatic rings. The van der Waals surface area contributed by atoms with Crippen LogP contribution in [0.1, 0.15) is 78.1 Å². The van der Waals surface area contributed by atoms with Gasteiger partial charge in [-0.05, 0) is 25.7 Å². The first-order valence-electron chi connectivity index (χ1n) is 12.7. The molecule has 0 saturated heterocycles. The number of aliphatic hydroxyl groups is 1. The van der Waals surface area contributed by atoms with Crippen molar-refractivity contribution >= 4 is 13.7 Å². The maximum absolute atomic E-state index is 12.4. The summed E-state index contributed by atoms with van der Waals surface area (Å²) in [5, 5.41) is 13.4. The van der Waals surface area contributed by atoms with E-state index in [9.17, 15) is 19.4 Å². The van der Waals surface area contributed by atoms with Gasteiger partial charge in [-0.3, -0.25) is 13.8 Å². The van der Waals surface area contributed by atoms with Crippen molar-refractivity contribution in [1.29, 1.82) is 0 Å². The zero-order chi connectivity index (χ0) is 25.9. The van der Waals surface area contributed by atoms with Crippen molar-refractivity contribution in [1.82, 2.24) is 5.32 Å². The summed E-state index contributed by atoms with van der Waals surface area (Å²) in [5.41, 5.74) is 0. The van der Waals surface area contributed by atoms with E-state index in [0.29, 0.717) is 17.4 Å². The number of hydrogen-bond donors (Lipinski definition) is 3. The molecule has 0 aromatic rings. The SMILES string of the molecule is CCCC/C=C/CC/C=C/C(O)C(COP(=O)(O)OCC[N+](C)(C)C)NC(=O)CCCCCC. The fourth-order valence-electron chi connectivity index (χ4n) is 2.98. The van der Waals surface area contributed by atoms with E-state index in [4.69, 9.17) is 9.05 Å². The highest BCUT2D eigenvalue weighted by Gasteiger charge is 2.27. The number of unbranched alkanes of at least 4 members (excludes halogenated alkanes) is 6. The molecule has 3 N–H and O–H groups in total. The van der Waals surface area contributed by atoms with Crippen LogP contribution >= 0.6 is 7.82 Å². The summed E-state index contributed by atoms with van der Waals surface area (Å²) in [6.07, 6.45) is 16.0. The molecule has 0 radical (unpaired) electrons. The number of hydrogen-bond acceptors (Lipinski definition) is 5. The normalized spacial score (nSPS) is 16.1. The highest BCUT2D eigenvalue weighted by atomic mass is 31.2. The Morgan fingerprint density at radius 2 is 1.62 bits per heavy atom. The number of carbonyl (C=O) groups excluding carboxylic acids is 1. The zero-order valence-corrected chi connectivity index (χ0v) is 23.0. The molecule has 0 aromatic heterocycles. The quantitative estimate of drug-likeness (QED) is 0.0902. The van der Waals surface area contributed by atoms with Crippen molar-refractivity contribution in [3.05, 3.63) is 24.3 Å². The van der Waals surface area contributed by atoms with Gasteiger partial charge in [0.25, 0.3) is 0 Å². The van der Waals surface area contributed by atoms with E-state index in [1.54, 1.807) is 6.08 Å². The molecule has 0 aliphatic heterocycles. The molecule has 8 nitrogen and oxygen atoms in total. The van der Waals surface area contributed by atoms with Crippen LogP contribution in [0.2, 0.25) is 0 Å². The number of quaternary nitrogens is 1. The van der Waals surface area contributed by atoms with E-state index in [0.717, 1.165) is 44.9 Å². The van der Waals surface area contributed by atoms with Crippen molar-refractivity contribution in [2.24, 2.45) is 0 Å². The molecule has 0 spiro atoms. The van der Waals surface area contributed by atoms with Crippen LogP contribution in [-0.2, 0) is 18.4 Å². The summed E-state index contributed by atoms with van der Waals surface area (Å²) in [6.45, 7) is 4.52. The van der Waals surface area contributed by atoms with Gasteiger partial charge in [0.15, 0.2) is 0 Å². The van der Waals surface area contributed by atoms with E-state index in [1.165, 1.54) is 12.8 Å². The number of phosphoric ester groups is 1. The lowest BCUT2D eigenvalue weighted by atomic mass is 10.1. The fourth-order valence-corrected chi connectivity index (χ4v) is 3.71. The van der Waals surface area contributed by atoms with E-state index in [2.05, 4.69) is 31.3 Å². The second kappa shape index (κ2) is 19.2. The first kappa shape index (κ1) is 33.0. The average Bonchev–Trinajstić information content (AvgIpc) is 2.74. The van der Waals surface area contributed by atoms with E-state index < -0.39 is 20.0 Å². The summed E-state index contributed by atoms with van der Waals surface area (Å²) in [4.78, 5) is 22.3. The van der Waals surface area contributed by atoms with Crippen molar-refractivity contribution < 1.29 is 32.9 Å². The third-order valence-corrected chi connectivity index (χ3v) is 6.16. The van der Waals surface area contributed by atoms with Crippen molar-refractivity contribution in [2.45, 2.75) is 90.2 Å². The molecule has 0 aliphatic carbocycles. The molecule has 9 heteroatoms. The number of carbonyl (C=O) groups is 1. The third kappa shape index (κ3) is 20.4. The Morgan fingerprint density at radius 1 is 0.971 bits per heavy atom. The Labute approximate surface area is 207 Å². The van der Waals surface area contributed by atoms with Gasteiger partial charge in [0.05, 0.1) is 39.9 Å². The topological polar surface area (TPSA) is 105 Å². The zero-order valence-electron chi connectivity index (χ0n) is 22.1. The molecule has 0 rings (SSSR count). The Kier molecular flexibility index (Phi) is 18.6. The molecule has 34 heavy (non-hydrogen) atoms. The van der Waals surface area contributed by atoms with Gasteiger partial charge in [0, 0.05) is 6.42 Å². The highest BCUT2D eigenvalue weighted by molar-refractivity contribution is 7.47. The maximum Gasteiger partial charge on any atom is 0.472 e. The van der Waals surface area contributed by atoms with Crippen LogP contribution in [0.3, 0.4) is 0 Å². The Morgan fingerprint density at radius 3 is 2.26 bits per heavy atom. The molecule has 3 atom stereocenters. The summed E-state index contributed by atoms with van der Waals surface area (Å²) in [5.74, 6) is -0.213. The molecule has 0 fully saturated rings. The molecule has 3 unspecified atom stereocenters. The first-order chi connectivity index (χ1) is 16.0. The molecule has 0 aromatic carbocycles. The van der Waals surface area contributed by atoms with Crippen LogP contribution in [0.25, 0.3) is 0 Å². The Bertz CT molecular complexity index is 633. The standard InChI is InChI=1S/C25H49N2O6P/c1-6-8-10-12-13-14-15-16-18-24(28)23(26-25(29)19-17-11-9-7-2)22-33-34(30,31)32-21-20-27(3,4)5/h12-13,16,18,23-24,28H,6-11,14-15,17,19-22H2,1-5H3,(H-,26,29,30,31)/p+1/b13-12+,18-16+. The lowest BCUT2D eigenvalue weighted by molar-refractivity contribution is -0.870. The van der Waals surface area contributed by atoms with Crippen LogP contribution in [-0.4, -0.2) is 73.4 Å². The van der Waals surface area contributed by atoms with Crippen molar-refractivity contribution in [2.75, 3.05) is 40.9 Å². The molecule has 1 amide bonds. The Balaban J connectivity index is 4.82. The van der Waals surface area contributed by atoms with Gasteiger partial charge in [-0.2, -0.15) is 0 Å². The second-order valence-corrected chi connectivity index (χ2v) is 11.2. The predicted octanol–water partition coefficient (Wildman–Crippen LogP) is 4.73. The fraction of sp³-hybridized carbons (Fsp3) is 0.800. The van der Waals surface area contributed by atoms with E-state index in [1.807, 2.05) is 27.2 Å². The summed E-state index contributed by atoms with van der Waals surface area (Å²) < 4.78 is 23.0. The maximum atomic E-state index is 12.4. The molecule has 200 valence electrons. The van der Waals surface area contributed by atoms with Crippen LogP contribution in [0.5, 0.6) is 0 Å². The number of aliphatic hydroxyl groups excluding tert-OH is 1. The molecular formula is C25H50N2O6P+. The van der Waals surface area contributed by atoms with Crippen LogP contribution < -0.4 is 5.32 Å². The van der Waals surface area contributed by atoms with Gasteiger partial charge in [0.2, 0.25) is 5.91 Å². The van der Waals surface area contributed by atoms with Gasteiger partial charge in [-0.1, -0.05) is 70.3 Å². The van der Waals surface area contributed by atoms with Gasteiger partial charge < -0.3 is 19.8 Å². The molecule has 0 saturated carbocycles. The lowest BCUT2D eigenvalue weighted by Gasteiger charge is -2.25. The number of phosphoric acid groups is 1. The summed E-state index contributed by atoms with van der Waals surface area (Å²) in [6, 6.07) is -0.850. The van der Waals surface area contributed by atoms with Crippen LogP contribution in [0, 0.1) is 0 Å². The largest absolute Gasteiger partial charge is 0.472 e. The monoisotopic (exact) mass is 505 g/mol. The highest BCUT2D eigenvalue weighted by Crippen LogP contribution is 2.43.